The molecule has 0 bridgehead atoms. The molecule has 0 fully saturated rings. The van der Waals surface area contributed by atoms with Crippen LogP contribution in [0.5, 0.6) is 5.75 Å². The van der Waals surface area contributed by atoms with Gasteiger partial charge in [0, 0.05) is 41.5 Å². The summed E-state index contributed by atoms with van der Waals surface area (Å²) in [6.45, 7) is 1.32. The SMILES string of the molecule is O=C(CN1C(=O)COc2ccc([N+](=O)[O-])cc21)Nc1ccc(N2CCc3sccc3C2)cc1. The number of nitro benzene ring substituents is 1. The van der Waals surface area contributed by atoms with E-state index in [4.69, 9.17) is 4.74 Å². The van der Waals surface area contributed by atoms with Crippen LogP contribution in [0.1, 0.15) is 10.4 Å². The molecule has 1 N–H and O–H groups in total. The van der Waals surface area contributed by atoms with Crippen molar-refractivity contribution in [2.24, 2.45) is 0 Å². The zero-order chi connectivity index (χ0) is 22.9. The van der Waals surface area contributed by atoms with Crippen LogP contribution in [-0.2, 0) is 22.6 Å². The van der Waals surface area contributed by atoms with Crippen molar-refractivity contribution < 1.29 is 19.2 Å². The standard InChI is InChI=1S/C23H20N4O5S/c28-22(13-26-19-11-18(27(30)31)5-6-20(19)32-14-23(26)29)24-16-1-3-17(4-2-16)25-9-7-21-15(12-25)8-10-33-21/h1-6,8,10-11H,7,9,12-14H2,(H,24,28). The Labute approximate surface area is 193 Å². The Morgan fingerprint density at radius 3 is 2.79 bits per heavy atom. The first-order valence-corrected chi connectivity index (χ1v) is 11.3. The van der Waals surface area contributed by atoms with Crippen molar-refractivity contribution in [3.63, 3.8) is 0 Å². The maximum atomic E-state index is 12.7. The summed E-state index contributed by atoms with van der Waals surface area (Å²) < 4.78 is 5.34. The average molecular weight is 465 g/mol. The van der Waals surface area contributed by atoms with Crippen molar-refractivity contribution in [2.45, 2.75) is 13.0 Å². The molecular weight excluding hydrogens is 444 g/mol. The van der Waals surface area contributed by atoms with E-state index in [1.54, 1.807) is 11.3 Å². The van der Waals surface area contributed by atoms with Crippen molar-refractivity contribution >= 4 is 45.9 Å². The van der Waals surface area contributed by atoms with Crippen LogP contribution in [0, 0.1) is 10.1 Å². The average Bonchev–Trinajstić information content (AvgIpc) is 3.29. The first kappa shape index (κ1) is 21.0. The van der Waals surface area contributed by atoms with E-state index in [1.807, 2.05) is 24.3 Å². The first-order chi connectivity index (χ1) is 16.0. The van der Waals surface area contributed by atoms with Gasteiger partial charge in [-0.3, -0.25) is 24.6 Å². The number of rotatable bonds is 5. The molecule has 3 heterocycles. The van der Waals surface area contributed by atoms with Crippen molar-refractivity contribution in [3.8, 4) is 5.75 Å². The Kier molecular flexibility index (Phi) is 5.43. The maximum Gasteiger partial charge on any atom is 0.271 e. The topological polar surface area (TPSA) is 105 Å². The van der Waals surface area contributed by atoms with Gasteiger partial charge in [0.25, 0.3) is 11.6 Å². The van der Waals surface area contributed by atoms with Gasteiger partial charge in [-0.2, -0.15) is 0 Å². The van der Waals surface area contributed by atoms with Gasteiger partial charge in [-0.1, -0.05) is 0 Å². The number of anilines is 3. The lowest BCUT2D eigenvalue weighted by Gasteiger charge is -2.29. The minimum Gasteiger partial charge on any atom is -0.482 e. The Bertz CT molecular complexity index is 1240. The number of nitrogens with zero attached hydrogens (tertiary/aromatic N) is 3. The second-order valence-corrected chi connectivity index (χ2v) is 8.81. The second kappa shape index (κ2) is 8.55. The van der Waals surface area contributed by atoms with E-state index in [1.165, 1.54) is 33.5 Å². The molecule has 2 aliphatic heterocycles. The largest absolute Gasteiger partial charge is 0.482 e. The molecule has 0 radical (unpaired) electrons. The number of fused-ring (bicyclic) bond motifs is 2. The lowest BCUT2D eigenvalue weighted by atomic mass is 10.1. The highest BCUT2D eigenvalue weighted by atomic mass is 32.1. The number of nitro groups is 1. The van der Waals surface area contributed by atoms with Crippen LogP contribution in [0.2, 0.25) is 0 Å². The van der Waals surface area contributed by atoms with Crippen LogP contribution >= 0.6 is 11.3 Å². The van der Waals surface area contributed by atoms with Gasteiger partial charge in [-0.25, -0.2) is 0 Å². The third-order valence-corrected chi connectivity index (χ3v) is 6.74. The van der Waals surface area contributed by atoms with Crippen molar-refractivity contribution in [1.82, 2.24) is 0 Å². The zero-order valence-corrected chi connectivity index (χ0v) is 18.3. The number of benzene rings is 2. The molecule has 5 rings (SSSR count). The summed E-state index contributed by atoms with van der Waals surface area (Å²) in [6, 6.07) is 13.7. The molecule has 0 saturated carbocycles. The molecule has 0 aliphatic carbocycles. The van der Waals surface area contributed by atoms with Crippen molar-refractivity contribution in [1.29, 1.82) is 0 Å². The molecule has 0 atom stereocenters. The van der Waals surface area contributed by atoms with Gasteiger partial charge in [0.15, 0.2) is 6.61 Å². The number of thiophene rings is 1. The van der Waals surface area contributed by atoms with Gasteiger partial charge in [0.2, 0.25) is 5.91 Å². The smallest absolute Gasteiger partial charge is 0.271 e. The Hall–Kier alpha value is -3.92. The molecule has 10 heteroatoms. The fourth-order valence-electron chi connectivity index (χ4n) is 4.05. The van der Waals surface area contributed by atoms with Gasteiger partial charge >= 0.3 is 0 Å². The van der Waals surface area contributed by atoms with E-state index in [0.29, 0.717) is 11.4 Å². The number of nitrogens with one attached hydrogen (secondary N) is 1. The Morgan fingerprint density at radius 2 is 2.00 bits per heavy atom. The van der Waals surface area contributed by atoms with E-state index >= 15 is 0 Å². The second-order valence-electron chi connectivity index (χ2n) is 7.81. The lowest BCUT2D eigenvalue weighted by Crippen LogP contribution is -2.43. The van der Waals surface area contributed by atoms with Gasteiger partial charge in [0.05, 0.1) is 10.6 Å². The number of hydrogen-bond acceptors (Lipinski definition) is 7. The number of hydrogen-bond donors (Lipinski definition) is 1. The third kappa shape index (κ3) is 4.24. The van der Waals surface area contributed by atoms with Crippen LogP contribution in [0.4, 0.5) is 22.7 Å². The number of non-ortho nitro benzene ring substituents is 1. The molecule has 9 nitrogen and oxygen atoms in total. The van der Waals surface area contributed by atoms with Gasteiger partial charge < -0.3 is 15.0 Å². The van der Waals surface area contributed by atoms with Crippen LogP contribution in [-0.4, -0.2) is 36.4 Å². The summed E-state index contributed by atoms with van der Waals surface area (Å²) >= 11 is 1.80. The molecule has 2 amide bonds. The molecule has 2 aromatic carbocycles. The Balaban J connectivity index is 1.26. The molecule has 168 valence electrons. The van der Waals surface area contributed by atoms with Crippen molar-refractivity contribution in [2.75, 3.05) is 34.8 Å². The normalized spacial score (nSPS) is 14.8. The monoisotopic (exact) mass is 464 g/mol. The molecule has 33 heavy (non-hydrogen) atoms. The van der Waals surface area contributed by atoms with Crippen LogP contribution in [0.25, 0.3) is 0 Å². The summed E-state index contributed by atoms with van der Waals surface area (Å²) in [5.41, 5.74) is 3.08. The quantitative estimate of drug-likeness (QED) is 0.457. The van der Waals surface area contributed by atoms with Gasteiger partial charge in [-0.05, 0) is 53.8 Å². The fourth-order valence-corrected chi connectivity index (χ4v) is 4.94. The van der Waals surface area contributed by atoms with E-state index in [9.17, 15) is 19.7 Å². The van der Waals surface area contributed by atoms with Crippen LogP contribution in [0.3, 0.4) is 0 Å². The maximum absolute atomic E-state index is 12.7. The first-order valence-electron chi connectivity index (χ1n) is 10.4. The predicted octanol–water partition coefficient (Wildman–Crippen LogP) is 3.58. The van der Waals surface area contributed by atoms with E-state index in [2.05, 4.69) is 21.7 Å². The fraction of sp³-hybridized carbons (Fsp3) is 0.217. The van der Waals surface area contributed by atoms with E-state index < -0.39 is 16.7 Å². The third-order valence-electron chi connectivity index (χ3n) is 5.72. The minimum absolute atomic E-state index is 0.180. The molecule has 0 unspecified atom stereocenters. The minimum atomic E-state index is -0.555. The number of ether oxygens (including phenoxy) is 1. The molecule has 1 aromatic heterocycles. The van der Waals surface area contributed by atoms with Gasteiger partial charge in [0.1, 0.15) is 12.3 Å². The number of carbonyl (C=O) groups is 2. The zero-order valence-electron chi connectivity index (χ0n) is 17.5. The number of carbonyl (C=O) groups excluding carboxylic acids is 2. The van der Waals surface area contributed by atoms with E-state index in [-0.39, 0.29) is 24.5 Å². The summed E-state index contributed by atoms with van der Waals surface area (Å²) in [5, 5.41) is 16.0. The summed E-state index contributed by atoms with van der Waals surface area (Å²) in [6.07, 6.45) is 1.03. The molecule has 3 aromatic rings. The lowest BCUT2D eigenvalue weighted by molar-refractivity contribution is -0.384. The molecule has 0 spiro atoms. The van der Waals surface area contributed by atoms with Crippen LogP contribution in [0.15, 0.2) is 53.9 Å². The highest BCUT2D eigenvalue weighted by Crippen LogP contribution is 2.35. The van der Waals surface area contributed by atoms with Crippen molar-refractivity contribution in [3.05, 3.63) is 74.5 Å². The summed E-state index contributed by atoms with van der Waals surface area (Å²) in [4.78, 5) is 40.5. The predicted molar refractivity (Wildman–Crippen MR) is 125 cm³/mol. The molecule has 2 aliphatic rings. The van der Waals surface area contributed by atoms with Gasteiger partial charge in [-0.15, -0.1) is 11.3 Å². The number of amides is 2. The van der Waals surface area contributed by atoms with Crippen LogP contribution < -0.4 is 19.9 Å². The summed E-state index contributed by atoms with van der Waals surface area (Å²) in [7, 11) is 0. The highest BCUT2D eigenvalue weighted by Gasteiger charge is 2.29. The molecule has 0 saturated heterocycles. The highest BCUT2D eigenvalue weighted by molar-refractivity contribution is 7.10. The Morgan fingerprint density at radius 1 is 1.18 bits per heavy atom. The molecular formula is C23H20N4O5S. The summed E-state index contributed by atoms with van der Waals surface area (Å²) in [5.74, 6) is -0.518. The van der Waals surface area contributed by atoms with E-state index in [0.717, 1.165) is 25.2 Å².